The topological polar surface area (TPSA) is 29.9 Å². The van der Waals surface area contributed by atoms with E-state index in [1.54, 1.807) is 0 Å². The molecule has 2 rings (SSSR count). The molecule has 3 nitrogen and oxygen atoms in total. The van der Waals surface area contributed by atoms with E-state index in [9.17, 15) is 0 Å². The number of benzene rings is 1. The van der Waals surface area contributed by atoms with Crippen molar-refractivity contribution in [3.05, 3.63) is 51.8 Å². The minimum atomic E-state index is 0.297. The number of nitrogens with zero attached hydrogens (tertiary/aromatic N) is 2. The van der Waals surface area contributed by atoms with Gasteiger partial charge in [0.1, 0.15) is 0 Å². The Hall–Kier alpha value is -1.13. The van der Waals surface area contributed by atoms with Crippen LogP contribution in [-0.2, 0) is 13.6 Å². The quantitative estimate of drug-likeness (QED) is 0.939. The highest BCUT2D eigenvalue weighted by molar-refractivity contribution is 9.10. The molecule has 0 amide bonds. The van der Waals surface area contributed by atoms with Gasteiger partial charge in [0.2, 0.25) is 0 Å². The number of halogens is 1. The molecule has 1 atom stereocenters. The summed E-state index contributed by atoms with van der Waals surface area (Å²) < 4.78 is 3.01. The van der Waals surface area contributed by atoms with Crippen LogP contribution in [0.3, 0.4) is 0 Å². The molecule has 18 heavy (non-hydrogen) atoms. The van der Waals surface area contributed by atoms with Gasteiger partial charge in [0.15, 0.2) is 0 Å². The zero-order chi connectivity index (χ0) is 13.1. The SMILES string of the molecule is Cc1nn(C)cc1C(C)NCc1ccccc1Br. The van der Waals surface area contributed by atoms with Crippen LogP contribution in [0.4, 0.5) is 0 Å². The first-order valence-electron chi connectivity index (χ1n) is 6.05. The van der Waals surface area contributed by atoms with Crippen molar-refractivity contribution < 1.29 is 0 Å². The molecule has 1 aromatic heterocycles. The van der Waals surface area contributed by atoms with Crippen LogP contribution in [0.15, 0.2) is 34.9 Å². The van der Waals surface area contributed by atoms with Crippen molar-refractivity contribution in [1.82, 2.24) is 15.1 Å². The molecule has 0 radical (unpaired) electrons. The molecule has 0 bridgehead atoms. The summed E-state index contributed by atoms with van der Waals surface area (Å²) in [6.45, 7) is 5.06. The number of aromatic nitrogens is 2. The van der Waals surface area contributed by atoms with Gasteiger partial charge in [-0.05, 0) is 25.5 Å². The molecule has 1 heterocycles. The number of hydrogen-bond donors (Lipinski definition) is 1. The molecule has 0 aliphatic rings. The van der Waals surface area contributed by atoms with Crippen molar-refractivity contribution in [1.29, 1.82) is 0 Å². The van der Waals surface area contributed by atoms with Gasteiger partial charge >= 0.3 is 0 Å². The fraction of sp³-hybridized carbons (Fsp3) is 0.357. The lowest BCUT2D eigenvalue weighted by molar-refractivity contribution is 0.571. The smallest absolute Gasteiger partial charge is 0.0641 e. The highest BCUT2D eigenvalue weighted by Gasteiger charge is 2.11. The van der Waals surface area contributed by atoms with E-state index in [1.807, 2.05) is 24.7 Å². The van der Waals surface area contributed by atoms with Gasteiger partial charge in [-0.15, -0.1) is 0 Å². The molecule has 0 fully saturated rings. The maximum absolute atomic E-state index is 4.37. The molecular weight excluding hydrogens is 290 g/mol. The van der Waals surface area contributed by atoms with Gasteiger partial charge in [-0.3, -0.25) is 4.68 Å². The monoisotopic (exact) mass is 307 g/mol. The van der Waals surface area contributed by atoms with E-state index in [0.29, 0.717) is 6.04 Å². The lowest BCUT2D eigenvalue weighted by Crippen LogP contribution is -2.18. The van der Waals surface area contributed by atoms with Crippen molar-refractivity contribution in [3.8, 4) is 0 Å². The van der Waals surface area contributed by atoms with Crippen LogP contribution in [0.1, 0.15) is 29.8 Å². The Balaban J connectivity index is 2.03. The van der Waals surface area contributed by atoms with Crippen molar-refractivity contribution in [2.75, 3.05) is 0 Å². The highest BCUT2D eigenvalue weighted by atomic mass is 79.9. The van der Waals surface area contributed by atoms with Crippen LogP contribution in [-0.4, -0.2) is 9.78 Å². The molecule has 0 saturated carbocycles. The summed E-state index contributed by atoms with van der Waals surface area (Å²) in [5, 5.41) is 7.90. The zero-order valence-electron chi connectivity index (χ0n) is 10.9. The second-order valence-electron chi connectivity index (χ2n) is 4.54. The molecule has 1 N–H and O–H groups in total. The lowest BCUT2D eigenvalue weighted by Gasteiger charge is -2.14. The Bertz CT molecular complexity index is 534. The first-order chi connectivity index (χ1) is 8.58. The standard InChI is InChI=1S/C14H18BrN3/c1-10(13-9-18(3)17-11(13)2)16-8-12-6-4-5-7-14(12)15/h4-7,9-10,16H,8H2,1-3H3. The molecule has 96 valence electrons. The van der Waals surface area contributed by atoms with Crippen LogP contribution in [0.2, 0.25) is 0 Å². The summed E-state index contributed by atoms with van der Waals surface area (Å²) in [5.74, 6) is 0. The molecular formula is C14H18BrN3. The average Bonchev–Trinajstić information content (AvgIpc) is 2.67. The van der Waals surface area contributed by atoms with Gasteiger partial charge < -0.3 is 5.32 Å². The Kier molecular flexibility index (Phi) is 4.19. The molecule has 0 aliphatic carbocycles. The molecule has 4 heteroatoms. The normalized spacial score (nSPS) is 12.7. The third-order valence-electron chi connectivity index (χ3n) is 3.07. The van der Waals surface area contributed by atoms with E-state index >= 15 is 0 Å². The van der Waals surface area contributed by atoms with E-state index in [2.05, 4.69) is 57.7 Å². The molecule has 1 unspecified atom stereocenters. The molecule has 0 aliphatic heterocycles. The fourth-order valence-corrected chi connectivity index (χ4v) is 2.48. The maximum Gasteiger partial charge on any atom is 0.0641 e. The molecule has 2 aromatic rings. The van der Waals surface area contributed by atoms with E-state index in [-0.39, 0.29) is 0 Å². The van der Waals surface area contributed by atoms with E-state index < -0.39 is 0 Å². The Labute approximate surface area is 116 Å². The van der Waals surface area contributed by atoms with Crippen LogP contribution in [0, 0.1) is 6.92 Å². The molecule has 0 saturated heterocycles. The first kappa shape index (κ1) is 13.3. The fourth-order valence-electron chi connectivity index (χ4n) is 2.06. The Morgan fingerprint density at radius 1 is 1.39 bits per heavy atom. The van der Waals surface area contributed by atoms with Gasteiger partial charge in [-0.1, -0.05) is 34.1 Å². The third kappa shape index (κ3) is 3.00. The maximum atomic E-state index is 4.37. The number of aryl methyl sites for hydroxylation is 2. The average molecular weight is 308 g/mol. The summed E-state index contributed by atoms with van der Waals surface area (Å²) >= 11 is 3.56. The van der Waals surface area contributed by atoms with E-state index in [0.717, 1.165) is 16.7 Å². The highest BCUT2D eigenvalue weighted by Crippen LogP contribution is 2.19. The minimum absolute atomic E-state index is 0.297. The van der Waals surface area contributed by atoms with E-state index in [4.69, 9.17) is 0 Å². The largest absolute Gasteiger partial charge is 0.306 e. The van der Waals surface area contributed by atoms with Gasteiger partial charge in [-0.25, -0.2) is 0 Å². The predicted molar refractivity (Wildman–Crippen MR) is 77.3 cm³/mol. The molecule has 0 spiro atoms. The van der Waals surface area contributed by atoms with Crippen molar-refractivity contribution >= 4 is 15.9 Å². The van der Waals surface area contributed by atoms with Gasteiger partial charge in [0.25, 0.3) is 0 Å². The number of hydrogen-bond acceptors (Lipinski definition) is 2. The lowest BCUT2D eigenvalue weighted by atomic mass is 10.1. The summed E-state index contributed by atoms with van der Waals surface area (Å²) in [7, 11) is 1.96. The summed E-state index contributed by atoms with van der Waals surface area (Å²) in [4.78, 5) is 0. The summed E-state index contributed by atoms with van der Waals surface area (Å²) in [5.41, 5.74) is 3.61. The van der Waals surface area contributed by atoms with Crippen molar-refractivity contribution in [2.45, 2.75) is 26.4 Å². The van der Waals surface area contributed by atoms with Crippen molar-refractivity contribution in [3.63, 3.8) is 0 Å². The van der Waals surface area contributed by atoms with Crippen LogP contribution in [0.25, 0.3) is 0 Å². The van der Waals surface area contributed by atoms with Gasteiger partial charge in [0.05, 0.1) is 5.69 Å². The van der Waals surface area contributed by atoms with Gasteiger partial charge in [0, 0.05) is 35.9 Å². The molecule has 1 aromatic carbocycles. The Morgan fingerprint density at radius 3 is 2.72 bits per heavy atom. The first-order valence-corrected chi connectivity index (χ1v) is 6.84. The second kappa shape index (κ2) is 5.67. The van der Waals surface area contributed by atoms with Gasteiger partial charge in [-0.2, -0.15) is 5.10 Å². The van der Waals surface area contributed by atoms with Crippen LogP contribution < -0.4 is 5.32 Å². The number of nitrogens with one attached hydrogen (secondary N) is 1. The van der Waals surface area contributed by atoms with E-state index in [1.165, 1.54) is 11.1 Å². The minimum Gasteiger partial charge on any atom is -0.306 e. The van der Waals surface area contributed by atoms with Crippen molar-refractivity contribution in [2.24, 2.45) is 7.05 Å². The van der Waals surface area contributed by atoms with Crippen LogP contribution >= 0.6 is 15.9 Å². The Morgan fingerprint density at radius 2 is 2.11 bits per heavy atom. The third-order valence-corrected chi connectivity index (χ3v) is 3.85. The summed E-state index contributed by atoms with van der Waals surface area (Å²) in [6, 6.07) is 8.58. The predicted octanol–water partition coefficient (Wildman–Crippen LogP) is 3.34. The number of rotatable bonds is 4. The zero-order valence-corrected chi connectivity index (χ0v) is 12.5. The summed E-state index contributed by atoms with van der Waals surface area (Å²) in [6.07, 6.45) is 2.08. The second-order valence-corrected chi connectivity index (χ2v) is 5.39. The van der Waals surface area contributed by atoms with Crippen LogP contribution in [0.5, 0.6) is 0 Å².